The zero-order valence-corrected chi connectivity index (χ0v) is 16.4. The van der Waals surface area contributed by atoms with E-state index in [1.54, 1.807) is 0 Å². The molecule has 0 aliphatic carbocycles. The molecule has 1 atom stereocenters. The number of rotatable bonds is 8. The predicted molar refractivity (Wildman–Crippen MR) is 116 cm³/mol. The molecule has 0 amide bonds. The van der Waals surface area contributed by atoms with Crippen LogP contribution in [0.15, 0.2) is 97.2 Å². The molecule has 4 aromatic rings. The van der Waals surface area contributed by atoms with Crippen molar-refractivity contribution in [3.63, 3.8) is 0 Å². The van der Waals surface area contributed by atoms with Crippen LogP contribution in [0, 0.1) is 0 Å². The second-order valence-electron chi connectivity index (χ2n) is 7.06. The first-order chi connectivity index (χ1) is 14.7. The molecule has 30 heavy (non-hydrogen) atoms. The minimum Gasteiger partial charge on any atom is -0.343 e. The van der Waals surface area contributed by atoms with Gasteiger partial charge in [-0.2, -0.15) is 5.10 Å². The van der Waals surface area contributed by atoms with Crippen molar-refractivity contribution in [3.05, 3.63) is 125 Å². The van der Waals surface area contributed by atoms with Crippen LogP contribution in [0.2, 0.25) is 0 Å². The number of hydrogen-bond acceptors (Lipinski definition) is 4. The van der Waals surface area contributed by atoms with Gasteiger partial charge in [0.25, 0.3) is 0 Å². The number of aromatic amines is 1. The van der Waals surface area contributed by atoms with Crippen molar-refractivity contribution in [2.75, 3.05) is 0 Å². The molecule has 5 nitrogen and oxygen atoms in total. The molecule has 1 unspecified atom stereocenters. The zero-order valence-electron chi connectivity index (χ0n) is 16.4. The SMILES string of the molecule is NC(Cc1[nH]ncc1C=O)OC(c1ccccc1)(c1ccccc1)c1ccccc1. The summed E-state index contributed by atoms with van der Waals surface area (Å²) in [6.45, 7) is 0. The molecule has 5 heteroatoms. The Labute approximate surface area is 175 Å². The first kappa shape index (κ1) is 19.8. The number of hydrogen-bond donors (Lipinski definition) is 2. The summed E-state index contributed by atoms with van der Waals surface area (Å²) < 4.78 is 6.68. The number of nitrogens with zero attached hydrogens (tertiary/aromatic N) is 1. The number of aromatic nitrogens is 2. The smallest absolute Gasteiger partial charge is 0.153 e. The van der Waals surface area contributed by atoms with Gasteiger partial charge in [0.15, 0.2) is 6.29 Å². The van der Waals surface area contributed by atoms with Crippen LogP contribution >= 0.6 is 0 Å². The van der Waals surface area contributed by atoms with Crippen molar-refractivity contribution in [1.82, 2.24) is 10.2 Å². The third-order valence-electron chi connectivity index (χ3n) is 5.15. The minimum atomic E-state index is -0.912. The lowest BCUT2D eigenvalue weighted by molar-refractivity contribution is -0.0442. The Morgan fingerprint density at radius 3 is 1.77 bits per heavy atom. The molecule has 0 fully saturated rings. The molecular formula is C25H23N3O2. The van der Waals surface area contributed by atoms with Gasteiger partial charge in [-0.3, -0.25) is 9.89 Å². The third kappa shape index (κ3) is 3.81. The maximum atomic E-state index is 11.3. The second kappa shape index (κ2) is 8.86. The van der Waals surface area contributed by atoms with E-state index in [2.05, 4.69) is 10.2 Å². The molecule has 1 heterocycles. The van der Waals surface area contributed by atoms with Gasteiger partial charge in [-0.05, 0) is 16.7 Å². The van der Waals surface area contributed by atoms with E-state index in [-0.39, 0.29) is 0 Å². The van der Waals surface area contributed by atoms with E-state index in [9.17, 15) is 4.79 Å². The molecule has 0 saturated carbocycles. The van der Waals surface area contributed by atoms with Gasteiger partial charge in [0.2, 0.25) is 0 Å². The van der Waals surface area contributed by atoms with Gasteiger partial charge >= 0.3 is 0 Å². The van der Waals surface area contributed by atoms with Gasteiger partial charge in [-0.15, -0.1) is 0 Å². The Bertz CT molecular complexity index is 982. The van der Waals surface area contributed by atoms with Crippen molar-refractivity contribution >= 4 is 6.29 Å². The van der Waals surface area contributed by atoms with Crippen LogP contribution in [-0.4, -0.2) is 22.7 Å². The predicted octanol–water partition coefficient (Wildman–Crippen LogP) is 4.06. The molecule has 4 rings (SSSR count). The van der Waals surface area contributed by atoms with Gasteiger partial charge in [0.1, 0.15) is 11.8 Å². The van der Waals surface area contributed by atoms with Crippen LogP contribution in [0.5, 0.6) is 0 Å². The summed E-state index contributed by atoms with van der Waals surface area (Å²) in [5, 5.41) is 6.80. The van der Waals surface area contributed by atoms with Crippen molar-refractivity contribution in [2.45, 2.75) is 18.2 Å². The fourth-order valence-electron chi connectivity index (χ4n) is 3.78. The van der Waals surface area contributed by atoms with Crippen LogP contribution in [-0.2, 0) is 16.8 Å². The lowest BCUT2D eigenvalue weighted by Gasteiger charge is -2.38. The van der Waals surface area contributed by atoms with E-state index in [0.29, 0.717) is 17.7 Å². The lowest BCUT2D eigenvalue weighted by Crippen LogP contribution is -2.41. The number of nitrogens with two attached hydrogens (primary N) is 1. The minimum absolute atomic E-state index is 0.322. The van der Waals surface area contributed by atoms with Crippen molar-refractivity contribution in [3.8, 4) is 0 Å². The highest BCUT2D eigenvalue weighted by atomic mass is 16.5. The van der Waals surface area contributed by atoms with E-state index >= 15 is 0 Å². The maximum absolute atomic E-state index is 11.3. The molecule has 0 bridgehead atoms. The summed E-state index contributed by atoms with van der Waals surface area (Å²) in [5.41, 5.74) is 9.64. The monoisotopic (exact) mass is 397 g/mol. The first-order valence-corrected chi connectivity index (χ1v) is 9.81. The molecule has 0 radical (unpaired) electrons. The average molecular weight is 397 g/mol. The number of carbonyl (C=O) groups excluding carboxylic acids is 1. The van der Waals surface area contributed by atoms with E-state index in [1.807, 2.05) is 91.0 Å². The summed E-state index contributed by atoms with van der Waals surface area (Å²) in [5.74, 6) is 0. The third-order valence-corrected chi connectivity index (χ3v) is 5.15. The van der Waals surface area contributed by atoms with Crippen molar-refractivity contribution in [2.24, 2.45) is 5.73 Å². The molecule has 0 aliphatic rings. The van der Waals surface area contributed by atoms with Gasteiger partial charge in [0, 0.05) is 12.1 Å². The number of nitrogens with one attached hydrogen (secondary N) is 1. The molecule has 0 spiro atoms. The Balaban J connectivity index is 1.83. The summed E-state index contributed by atoms with van der Waals surface area (Å²) in [6.07, 6.45) is 1.89. The van der Waals surface area contributed by atoms with Crippen LogP contribution < -0.4 is 5.73 Å². The van der Waals surface area contributed by atoms with E-state index in [0.717, 1.165) is 23.0 Å². The molecule has 150 valence electrons. The van der Waals surface area contributed by atoms with Crippen molar-refractivity contribution < 1.29 is 9.53 Å². The molecule has 0 aliphatic heterocycles. The topological polar surface area (TPSA) is 81.0 Å². The largest absolute Gasteiger partial charge is 0.343 e. The van der Waals surface area contributed by atoms with Crippen LogP contribution in [0.3, 0.4) is 0 Å². The number of carbonyl (C=O) groups is 1. The normalized spacial score (nSPS) is 12.4. The Morgan fingerprint density at radius 2 is 1.33 bits per heavy atom. The quantitative estimate of drug-likeness (QED) is 0.267. The van der Waals surface area contributed by atoms with E-state index < -0.39 is 11.8 Å². The maximum Gasteiger partial charge on any atom is 0.153 e. The number of benzene rings is 3. The molecule has 1 aromatic heterocycles. The molecule has 0 saturated heterocycles. The van der Waals surface area contributed by atoms with E-state index in [1.165, 1.54) is 6.20 Å². The highest BCUT2D eigenvalue weighted by Crippen LogP contribution is 2.41. The second-order valence-corrected chi connectivity index (χ2v) is 7.06. The standard InChI is InChI=1S/C25H23N3O2/c26-24(16-23-19(18-29)17-27-28-23)30-25(20-10-4-1-5-11-20,21-12-6-2-7-13-21)22-14-8-3-9-15-22/h1-15,17-18,24H,16,26H2,(H,27,28). The lowest BCUT2D eigenvalue weighted by atomic mass is 9.80. The Kier molecular flexibility index (Phi) is 5.84. The van der Waals surface area contributed by atoms with Gasteiger partial charge < -0.3 is 10.5 Å². The van der Waals surface area contributed by atoms with Gasteiger partial charge in [-0.1, -0.05) is 91.0 Å². The number of H-pyrrole nitrogens is 1. The summed E-state index contributed by atoms with van der Waals surface area (Å²) in [6, 6.07) is 30.1. The average Bonchev–Trinajstić information content (AvgIpc) is 3.26. The molecule has 3 N–H and O–H groups in total. The number of ether oxygens (including phenoxy) is 1. The highest BCUT2D eigenvalue weighted by molar-refractivity contribution is 5.75. The fourth-order valence-corrected chi connectivity index (χ4v) is 3.78. The van der Waals surface area contributed by atoms with Crippen LogP contribution in [0.25, 0.3) is 0 Å². The summed E-state index contributed by atoms with van der Waals surface area (Å²) in [4.78, 5) is 11.3. The fraction of sp³-hybridized carbons (Fsp3) is 0.120. The number of aldehydes is 1. The first-order valence-electron chi connectivity index (χ1n) is 9.81. The highest BCUT2D eigenvalue weighted by Gasteiger charge is 2.39. The van der Waals surface area contributed by atoms with Gasteiger partial charge in [-0.25, -0.2) is 0 Å². The van der Waals surface area contributed by atoms with Gasteiger partial charge in [0.05, 0.1) is 11.8 Å². The molecular weight excluding hydrogens is 374 g/mol. The van der Waals surface area contributed by atoms with Crippen LogP contribution in [0.1, 0.15) is 32.7 Å². The summed E-state index contributed by atoms with van der Waals surface area (Å²) in [7, 11) is 0. The Morgan fingerprint density at radius 1 is 0.867 bits per heavy atom. The summed E-state index contributed by atoms with van der Waals surface area (Å²) >= 11 is 0. The molecule has 3 aromatic carbocycles. The Hall–Kier alpha value is -3.54. The van der Waals surface area contributed by atoms with Crippen LogP contribution in [0.4, 0.5) is 0 Å². The van der Waals surface area contributed by atoms with E-state index in [4.69, 9.17) is 10.5 Å². The zero-order chi connectivity index (χ0) is 20.8. The van der Waals surface area contributed by atoms with Crippen molar-refractivity contribution in [1.29, 1.82) is 0 Å².